The monoisotopic (exact) mass is 364 g/mol. The van der Waals surface area contributed by atoms with E-state index < -0.39 is 0 Å². The third kappa shape index (κ3) is 5.75. The average molecular weight is 365 g/mol. The van der Waals surface area contributed by atoms with Crippen LogP contribution in [0.15, 0.2) is 72.3 Å². The van der Waals surface area contributed by atoms with E-state index in [0.717, 1.165) is 17.0 Å². The molecule has 1 aliphatic rings. The van der Waals surface area contributed by atoms with E-state index in [1.165, 1.54) is 24.8 Å². The Hall–Kier alpha value is -2.48. The van der Waals surface area contributed by atoms with Crippen LogP contribution >= 0.6 is 0 Å². The molecule has 0 saturated carbocycles. The molecule has 0 unspecified atom stereocenters. The van der Waals surface area contributed by atoms with Crippen molar-refractivity contribution in [2.24, 2.45) is 5.92 Å². The minimum Gasteiger partial charge on any atom is -0.508 e. The maximum atomic E-state index is 9.30. The molecular formula is C25H32O2. The van der Waals surface area contributed by atoms with E-state index in [9.17, 15) is 10.2 Å². The molecular weight excluding hydrogens is 332 g/mol. The Morgan fingerprint density at radius 1 is 0.926 bits per heavy atom. The summed E-state index contributed by atoms with van der Waals surface area (Å²) in [5, 5.41) is 18.6. The number of benzene rings is 2. The first-order valence-corrected chi connectivity index (χ1v) is 9.60. The molecule has 27 heavy (non-hydrogen) atoms. The lowest BCUT2D eigenvalue weighted by Gasteiger charge is -2.26. The number of rotatable bonds is 3. The fraction of sp³-hybridized carbons (Fsp3) is 0.360. The highest BCUT2D eigenvalue weighted by Crippen LogP contribution is 2.33. The second-order valence-corrected chi connectivity index (χ2v) is 8.09. The van der Waals surface area contributed by atoms with Gasteiger partial charge in [-0.15, -0.1) is 0 Å². The van der Waals surface area contributed by atoms with Crippen LogP contribution < -0.4 is 0 Å². The Balaban J connectivity index is 0.000000223. The van der Waals surface area contributed by atoms with Crippen molar-refractivity contribution < 1.29 is 10.2 Å². The number of aromatic hydroxyl groups is 2. The summed E-state index contributed by atoms with van der Waals surface area (Å²) in [5.41, 5.74) is 5.00. The molecule has 0 saturated heterocycles. The molecule has 2 aromatic rings. The van der Waals surface area contributed by atoms with E-state index in [4.69, 9.17) is 0 Å². The summed E-state index contributed by atoms with van der Waals surface area (Å²) >= 11 is 0. The van der Waals surface area contributed by atoms with Gasteiger partial charge >= 0.3 is 0 Å². The molecule has 0 bridgehead atoms. The number of allylic oxidation sites excluding steroid dienone is 3. The molecule has 2 nitrogen and oxygen atoms in total. The van der Waals surface area contributed by atoms with Crippen LogP contribution in [0.25, 0.3) is 0 Å². The quantitative estimate of drug-likeness (QED) is 0.593. The fourth-order valence-corrected chi connectivity index (χ4v) is 3.34. The van der Waals surface area contributed by atoms with Crippen molar-refractivity contribution in [3.63, 3.8) is 0 Å². The minimum absolute atomic E-state index is 0.151. The van der Waals surface area contributed by atoms with Gasteiger partial charge in [-0.25, -0.2) is 0 Å². The number of hydrogen-bond donors (Lipinski definition) is 2. The van der Waals surface area contributed by atoms with Crippen molar-refractivity contribution >= 4 is 0 Å². The van der Waals surface area contributed by atoms with Crippen molar-refractivity contribution in [2.75, 3.05) is 0 Å². The first-order chi connectivity index (χ1) is 12.7. The van der Waals surface area contributed by atoms with Gasteiger partial charge in [0.25, 0.3) is 0 Å². The van der Waals surface area contributed by atoms with Crippen LogP contribution in [0.1, 0.15) is 58.1 Å². The first-order valence-electron chi connectivity index (χ1n) is 9.60. The predicted molar refractivity (Wildman–Crippen MR) is 114 cm³/mol. The highest BCUT2D eigenvalue weighted by atomic mass is 16.3. The van der Waals surface area contributed by atoms with Gasteiger partial charge in [-0.2, -0.15) is 0 Å². The maximum Gasteiger partial charge on any atom is 0.115 e. The van der Waals surface area contributed by atoms with E-state index in [0.29, 0.717) is 0 Å². The second-order valence-electron chi connectivity index (χ2n) is 8.09. The summed E-state index contributed by atoms with van der Waals surface area (Å²) in [6, 6.07) is 14.4. The van der Waals surface area contributed by atoms with Crippen molar-refractivity contribution in [2.45, 2.75) is 52.4 Å². The third-order valence-corrected chi connectivity index (χ3v) is 5.51. The molecule has 144 valence electrons. The molecule has 0 spiro atoms. The summed E-state index contributed by atoms with van der Waals surface area (Å²) in [6.07, 6.45) is 6.17. The molecule has 2 N–H and O–H groups in total. The highest BCUT2D eigenvalue weighted by molar-refractivity contribution is 5.41. The Labute approximate surface area is 163 Å². The molecule has 0 aromatic heterocycles. The summed E-state index contributed by atoms with van der Waals surface area (Å²) in [5.74, 6) is 1.31. The van der Waals surface area contributed by atoms with Crippen LogP contribution in [0.3, 0.4) is 0 Å². The molecule has 2 aromatic carbocycles. The predicted octanol–water partition coefficient (Wildman–Crippen LogP) is 6.73. The van der Waals surface area contributed by atoms with Gasteiger partial charge in [0, 0.05) is 5.41 Å². The van der Waals surface area contributed by atoms with Gasteiger partial charge in [0.1, 0.15) is 11.5 Å². The van der Waals surface area contributed by atoms with Gasteiger partial charge in [-0.1, -0.05) is 61.9 Å². The Kier molecular flexibility index (Phi) is 6.90. The van der Waals surface area contributed by atoms with Gasteiger partial charge in [0.2, 0.25) is 0 Å². The van der Waals surface area contributed by atoms with Gasteiger partial charge in [0.15, 0.2) is 0 Å². The lowest BCUT2D eigenvalue weighted by Crippen LogP contribution is -2.18. The van der Waals surface area contributed by atoms with Crippen molar-refractivity contribution in [1.82, 2.24) is 0 Å². The molecule has 0 fully saturated rings. The zero-order chi connectivity index (χ0) is 20.0. The van der Waals surface area contributed by atoms with Gasteiger partial charge in [0.05, 0.1) is 0 Å². The van der Waals surface area contributed by atoms with E-state index in [-0.39, 0.29) is 16.9 Å². The van der Waals surface area contributed by atoms with Gasteiger partial charge in [-0.3, -0.25) is 0 Å². The molecule has 0 amide bonds. The lowest BCUT2D eigenvalue weighted by atomic mass is 9.78. The van der Waals surface area contributed by atoms with Crippen molar-refractivity contribution in [3.05, 3.63) is 83.5 Å². The number of phenolic OH excluding ortho intramolecular Hbond substituents is 2. The molecule has 2 heteroatoms. The summed E-state index contributed by atoms with van der Waals surface area (Å²) in [4.78, 5) is 0. The number of hydrogen-bond acceptors (Lipinski definition) is 2. The van der Waals surface area contributed by atoms with Crippen LogP contribution in [0.5, 0.6) is 11.5 Å². The fourth-order valence-electron chi connectivity index (χ4n) is 3.34. The highest BCUT2D eigenvalue weighted by Gasteiger charge is 2.22. The van der Waals surface area contributed by atoms with E-state index in [2.05, 4.69) is 40.3 Å². The van der Waals surface area contributed by atoms with Crippen LogP contribution in [-0.2, 0) is 5.41 Å². The third-order valence-electron chi connectivity index (χ3n) is 5.51. The smallest absolute Gasteiger partial charge is 0.115 e. The largest absolute Gasteiger partial charge is 0.508 e. The Bertz CT molecular complexity index is 733. The van der Waals surface area contributed by atoms with Crippen molar-refractivity contribution in [3.8, 4) is 11.5 Å². The average Bonchev–Trinajstić information content (AvgIpc) is 2.63. The summed E-state index contributed by atoms with van der Waals surface area (Å²) in [7, 11) is 0. The molecule has 1 atom stereocenters. The first kappa shape index (κ1) is 20.8. The molecule has 0 heterocycles. The minimum atomic E-state index is -0.151. The molecule has 1 aliphatic carbocycles. The lowest BCUT2D eigenvalue weighted by molar-refractivity contribution is 0.474. The normalized spacial score (nSPS) is 16.7. The van der Waals surface area contributed by atoms with Crippen LogP contribution in [0.2, 0.25) is 0 Å². The van der Waals surface area contributed by atoms with Gasteiger partial charge in [-0.05, 0) is 74.4 Å². The van der Waals surface area contributed by atoms with Crippen molar-refractivity contribution in [1.29, 1.82) is 0 Å². The maximum absolute atomic E-state index is 9.30. The van der Waals surface area contributed by atoms with Crippen LogP contribution in [-0.4, -0.2) is 10.2 Å². The summed E-state index contributed by atoms with van der Waals surface area (Å²) < 4.78 is 0. The summed E-state index contributed by atoms with van der Waals surface area (Å²) in [6.45, 7) is 12.6. The Morgan fingerprint density at radius 3 is 1.70 bits per heavy atom. The van der Waals surface area contributed by atoms with E-state index in [1.807, 2.05) is 24.3 Å². The van der Waals surface area contributed by atoms with Crippen LogP contribution in [0.4, 0.5) is 0 Å². The Morgan fingerprint density at radius 2 is 1.37 bits per heavy atom. The molecule has 3 rings (SSSR count). The van der Waals surface area contributed by atoms with E-state index in [1.54, 1.807) is 29.8 Å². The zero-order valence-corrected chi connectivity index (χ0v) is 17.0. The zero-order valence-electron chi connectivity index (χ0n) is 17.0. The molecule has 0 aliphatic heterocycles. The standard InChI is InChI=1S/C15H16O2.C10H16/c1-15(2,11-3-7-13(16)8-4-11)12-5-9-14(17)10-6-12;1-8(2)10-6-4-9(3)5-7-10/h3-10,16-17H,1-2H3;4,10H,1,5-7H2,2-3H3/t;10-/m.0/s1. The van der Waals surface area contributed by atoms with Crippen LogP contribution in [0, 0.1) is 5.92 Å². The second kappa shape index (κ2) is 8.94. The van der Waals surface area contributed by atoms with E-state index >= 15 is 0 Å². The number of phenols is 2. The molecule has 0 radical (unpaired) electrons. The topological polar surface area (TPSA) is 40.5 Å². The SMILES string of the molecule is C=C(C)[C@H]1CC=C(C)CC1.CC(C)(c1ccc(O)cc1)c1ccc(O)cc1. The van der Waals surface area contributed by atoms with Gasteiger partial charge < -0.3 is 10.2 Å².